The molecule has 1 aliphatic rings. The number of thiophene rings is 1. The number of benzene rings is 1. The Bertz CT molecular complexity index is 909. The first-order valence-corrected chi connectivity index (χ1v) is 9.75. The molecule has 0 aliphatic carbocycles. The normalized spacial score (nSPS) is 12.8. The number of nitrogens with zero attached hydrogens (tertiary/aromatic N) is 1. The van der Waals surface area contributed by atoms with Gasteiger partial charge in [0.15, 0.2) is 11.5 Å². The Balaban J connectivity index is 1.46. The van der Waals surface area contributed by atoms with Crippen LogP contribution in [0.3, 0.4) is 0 Å². The van der Waals surface area contributed by atoms with Crippen LogP contribution in [0.5, 0.6) is 11.5 Å². The molecule has 0 fully saturated rings. The molecule has 8 heteroatoms. The van der Waals surface area contributed by atoms with Crippen molar-refractivity contribution in [2.45, 2.75) is 6.42 Å². The van der Waals surface area contributed by atoms with E-state index in [1.807, 2.05) is 22.2 Å². The van der Waals surface area contributed by atoms with Crippen LogP contribution in [-0.4, -0.2) is 24.1 Å². The van der Waals surface area contributed by atoms with E-state index in [0.717, 1.165) is 16.3 Å². The number of fused-ring (bicyclic) bond motifs is 1. The monoisotopic (exact) mass is 392 g/mol. The smallest absolute Gasteiger partial charge is 0.230 e. The quantitative estimate of drug-likeness (QED) is 0.711. The highest BCUT2D eigenvalue weighted by Gasteiger charge is 2.17. The number of amides is 1. The summed E-state index contributed by atoms with van der Waals surface area (Å²) < 4.78 is 11.0. The number of carbonyl (C=O) groups is 1. The molecule has 0 bridgehead atoms. The Morgan fingerprint density at radius 3 is 2.80 bits per heavy atom. The van der Waals surface area contributed by atoms with Crippen LogP contribution in [-0.2, 0) is 11.2 Å². The Morgan fingerprint density at radius 2 is 2.04 bits per heavy atom. The van der Waals surface area contributed by atoms with Gasteiger partial charge in [0.2, 0.25) is 5.91 Å². The fraction of sp³-hybridized carbons (Fsp3) is 0.176. The average molecular weight is 393 g/mol. The van der Waals surface area contributed by atoms with Gasteiger partial charge in [-0.25, -0.2) is 4.98 Å². The Kier molecular flexibility index (Phi) is 4.61. The van der Waals surface area contributed by atoms with Crippen LogP contribution in [0.25, 0.3) is 10.6 Å². The van der Waals surface area contributed by atoms with E-state index in [4.69, 9.17) is 21.1 Å². The maximum Gasteiger partial charge on any atom is 0.230 e. The van der Waals surface area contributed by atoms with Crippen molar-refractivity contribution in [2.24, 2.45) is 0 Å². The minimum absolute atomic E-state index is 0.180. The lowest BCUT2D eigenvalue weighted by atomic mass is 10.2. The van der Waals surface area contributed by atoms with Crippen LogP contribution in [0.15, 0.2) is 34.3 Å². The molecular weight excluding hydrogens is 380 g/mol. The van der Waals surface area contributed by atoms with Crippen LogP contribution < -0.4 is 14.8 Å². The Hall–Kier alpha value is -2.09. The summed E-state index contributed by atoms with van der Waals surface area (Å²) in [5.41, 5.74) is 2.32. The van der Waals surface area contributed by atoms with Gasteiger partial charge in [0, 0.05) is 28.5 Å². The van der Waals surface area contributed by atoms with Gasteiger partial charge in [0.25, 0.3) is 0 Å². The predicted molar refractivity (Wildman–Crippen MR) is 100 cm³/mol. The zero-order valence-electron chi connectivity index (χ0n) is 13.0. The first kappa shape index (κ1) is 16.4. The summed E-state index contributed by atoms with van der Waals surface area (Å²) in [4.78, 5) is 16.8. The summed E-state index contributed by atoms with van der Waals surface area (Å²) >= 11 is 9.37. The van der Waals surface area contributed by atoms with Crippen molar-refractivity contribution in [1.82, 2.24) is 4.98 Å². The second-order valence-corrected chi connectivity index (χ2v) is 7.40. The third-order valence-electron chi connectivity index (χ3n) is 3.57. The van der Waals surface area contributed by atoms with Crippen LogP contribution in [0.4, 0.5) is 5.69 Å². The van der Waals surface area contributed by atoms with Crippen LogP contribution >= 0.6 is 34.3 Å². The third-order valence-corrected chi connectivity index (χ3v) is 5.50. The predicted octanol–water partition coefficient (Wildman–Crippen LogP) is 4.48. The van der Waals surface area contributed by atoms with Gasteiger partial charge in [-0.05, 0) is 11.4 Å². The highest BCUT2D eigenvalue weighted by Crippen LogP contribution is 2.38. The van der Waals surface area contributed by atoms with E-state index in [-0.39, 0.29) is 12.3 Å². The fourth-order valence-corrected chi connectivity index (χ4v) is 4.16. The molecule has 1 N–H and O–H groups in total. The highest BCUT2D eigenvalue weighted by molar-refractivity contribution is 7.14. The number of rotatable bonds is 4. The van der Waals surface area contributed by atoms with E-state index in [2.05, 4.69) is 10.3 Å². The van der Waals surface area contributed by atoms with Gasteiger partial charge in [-0.2, -0.15) is 11.3 Å². The van der Waals surface area contributed by atoms with E-state index in [1.165, 1.54) is 11.3 Å². The second-order valence-electron chi connectivity index (χ2n) is 5.36. The number of halogens is 1. The number of anilines is 1. The largest absolute Gasteiger partial charge is 0.486 e. The van der Waals surface area contributed by atoms with Crippen molar-refractivity contribution >= 4 is 45.9 Å². The summed E-state index contributed by atoms with van der Waals surface area (Å²) in [5, 5.41) is 10.1. The SMILES string of the molecule is O=C(Cc1csc(-c2ccsc2)n1)Nc1cc2c(cc1Cl)OCCO2. The molecule has 0 unspecified atom stereocenters. The summed E-state index contributed by atoms with van der Waals surface area (Å²) in [6, 6.07) is 5.36. The molecule has 0 spiro atoms. The number of hydrogen-bond acceptors (Lipinski definition) is 6. The summed E-state index contributed by atoms with van der Waals surface area (Å²) in [7, 11) is 0. The standard InChI is InChI=1S/C17H13ClN2O3S2/c18-12-6-14-15(23-3-2-22-14)7-13(12)20-16(21)5-11-9-25-17(19-11)10-1-4-24-8-10/h1,4,6-9H,2-3,5H2,(H,20,21). The van der Waals surface area contributed by atoms with Gasteiger partial charge in [0.1, 0.15) is 18.2 Å². The van der Waals surface area contributed by atoms with Crippen molar-refractivity contribution in [3.05, 3.63) is 45.1 Å². The molecule has 0 saturated carbocycles. The zero-order valence-corrected chi connectivity index (χ0v) is 15.3. The van der Waals surface area contributed by atoms with E-state index < -0.39 is 0 Å². The van der Waals surface area contributed by atoms with Crippen molar-refractivity contribution in [3.63, 3.8) is 0 Å². The number of nitrogens with one attached hydrogen (secondary N) is 1. The maximum atomic E-state index is 12.3. The van der Waals surface area contributed by atoms with Crippen molar-refractivity contribution < 1.29 is 14.3 Å². The molecule has 128 valence electrons. The second kappa shape index (κ2) is 7.03. The van der Waals surface area contributed by atoms with Gasteiger partial charge in [-0.15, -0.1) is 11.3 Å². The topological polar surface area (TPSA) is 60.5 Å². The van der Waals surface area contributed by atoms with Crippen molar-refractivity contribution in [1.29, 1.82) is 0 Å². The fourth-order valence-electron chi connectivity index (χ4n) is 2.43. The van der Waals surface area contributed by atoms with E-state index in [9.17, 15) is 4.79 Å². The summed E-state index contributed by atoms with van der Waals surface area (Å²) in [6.45, 7) is 0.970. The van der Waals surface area contributed by atoms with Crippen LogP contribution in [0, 0.1) is 0 Å². The van der Waals surface area contributed by atoms with Crippen molar-refractivity contribution in [2.75, 3.05) is 18.5 Å². The molecule has 4 rings (SSSR count). The summed E-state index contributed by atoms with van der Waals surface area (Å²) in [5.74, 6) is 0.995. The molecule has 1 aliphatic heterocycles. The lowest BCUT2D eigenvalue weighted by molar-refractivity contribution is -0.115. The van der Waals surface area contributed by atoms with Gasteiger partial charge < -0.3 is 14.8 Å². The molecule has 1 aromatic carbocycles. The molecule has 0 radical (unpaired) electrons. The van der Waals surface area contributed by atoms with Gasteiger partial charge in [-0.3, -0.25) is 4.79 Å². The Labute approximate surface area is 157 Å². The number of carbonyl (C=O) groups excluding carboxylic acids is 1. The zero-order chi connectivity index (χ0) is 17.2. The van der Waals surface area contributed by atoms with Crippen LogP contribution in [0.2, 0.25) is 5.02 Å². The molecule has 3 heterocycles. The number of hydrogen-bond donors (Lipinski definition) is 1. The average Bonchev–Trinajstić information content (AvgIpc) is 3.26. The van der Waals surface area contributed by atoms with Crippen LogP contribution in [0.1, 0.15) is 5.69 Å². The molecule has 25 heavy (non-hydrogen) atoms. The molecule has 3 aromatic rings. The Morgan fingerprint density at radius 1 is 1.24 bits per heavy atom. The maximum absolute atomic E-state index is 12.3. The molecule has 5 nitrogen and oxygen atoms in total. The van der Waals surface area contributed by atoms with E-state index in [1.54, 1.807) is 23.5 Å². The van der Waals surface area contributed by atoms with Crippen molar-refractivity contribution in [3.8, 4) is 22.1 Å². The van der Waals surface area contributed by atoms with Gasteiger partial charge >= 0.3 is 0 Å². The molecule has 1 amide bonds. The molecule has 0 atom stereocenters. The number of ether oxygens (including phenoxy) is 2. The lowest BCUT2D eigenvalue weighted by Crippen LogP contribution is -2.17. The minimum Gasteiger partial charge on any atom is -0.486 e. The lowest BCUT2D eigenvalue weighted by Gasteiger charge is -2.19. The van der Waals surface area contributed by atoms with Gasteiger partial charge in [0.05, 0.1) is 22.8 Å². The third kappa shape index (κ3) is 3.63. The molecule has 2 aromatic heterocycles. The highest BCUT2D eigenvalue weighted by atomic mass is 35.5. The number of aromatic nitrogens is 1. The molecule has 0 saturated heterocycles. The first-order chi connectivity index (χ1) is 12.2. The molecular formula is C17H13ClN2O3S2. The van der Waals surface area contributed by atoms with E-state index in [0.29, 0.717) is 35.4 Å². The van der Waals surface area contributed by atoms with E-state index >= 15 is 0 Å². The summed E-state index contributed by atoms with van der Waals surface area (Å²) in [6.07, 6.45) is 0.186. The minimum atomic E-state index is -0.180. The first-order valence-electron chi connectivity index (χ1n) is 7.55. The number of thiazole rings is 1. The van der Waals surface area contributed by atoms with Gasteiger partial charge in [-0.1, -0.05) is 11.6 Å².